The molecule has 4 nitrogen and oxygen atoms in total. The first-order valence-electron chi connectivity index (χ1n) is 7.77. The maximum absolute atomic E-state index is 13.3. The predicted octanol–water partition coefficient (Wildman–Crippen LogP) is 4.20. The van der Waals surface area contributed by atoms with E-state index in [1.807, 2.05) is 13.0 Å². The summed E-state index contributed by atoms with van der Waals surface area (Å²) in [6.45, 7) is 2.03. The zero-order chi connectivity index (χ0) is 16.4. The molecule has 1 aliphatic carbocycles. The van der Waals surface area contributed by atoms with Crippen LogP contribution in [0.4, 0.5) is 4.39 Å². The van der Waals surface area contributed by atoms with Gasteiger partial charge in [0.1, 0.15) is 12.1 Å². The van der Waals surface area contributed by atoms with Crippen LogP contribution in [0.5, 0.6) is 0 Å². The lowest BCUT2D eigenvalue weighted by atomic mass is 9.76. The fraction of sp³-hybridized carbons (Fsp3) is 0.412. The SMILES string of the molecule is CCCc1nc(C(=O)NC2CC(c3ccc(F)c(Br)c3)C2)co1. The van der Waals surface area contributed by atoms with Gasteiger partial charge >= 0.3 is 0 Å². The predicted molar refractivity (Wildman–Crippen MR) is 87.8 cm³/mol. The Morgan fingerprint density at radius 3 is 2.96 bits per heavy atom. The summed E-state index contributed by atoms with van der Waals surface area (Å²) in [5.41, 5.74) is 1.43. The molecule has 1 fully saturated rings. The van der Waals surface area contributed by atoms with Crippen LogP contribution in [0.15, 0.2) is 33.4 Å². The highest BCUT2D eigenvalue weighted by Crippen LogP contribution is 2.38. The van der Waals surface area contributed by atoms with E-state index in [9.17, 15) is 9.18 Å². The van der Waals surface area contributed by atoms with Crippen molar-refractivity contribution in [2.45, 2.75) is 44.6 Å². The molecule has 0 unspecified atom stereocenters. The zero-order valence-corrected chi connectivity index (χ0v) is 14.4. The lowest BCUT2D eigenvalue weighted by molar-refractivity contribution is 0.0903. The standard InChI is InChI=1S/C17H18BrFN2O2/c1-2-3-16-21-15(9-23-16)17(22)20-12-6-11(7-12)10-4-5-14(19)13(18)8-10/h4-5,8-9,11-12H,2-3,6-7H2,1H3,(H,20,22). The van der Waals surface area contributed by atoms with Gasteiger partial charge in [0.25, 0.3) is 5.91 Å². The third-order valence-corrected chi connectivity index (χ3v) is 4.74. The Labute approximate surface area is 142 Å². The Kier molecular flexibility index (Phi) is 4.80. The summed E-state index contributed by atoms with van der Waals surface area (Å²) in [7, 11) is 0. The molecule has 23 heavy (non-hydrogen) atoms. The molecule has 0 atom stereocenters. The summed E-state index contributed by atoms with van der Waals surface area (Å²) >= 11 is 3.21. The van der Waals surface area contributed by atoms with E-state index >= 15 is 0 Å². The summed E-state index contributed by atoms with van der Waals surface area (Å²) in [4.78, 5) is 16.3. The molecule has 0 spiro atoms. The van der Waals surface area contributed by atoms with E-state index in [-0.39, 0.29) is 17.8 Å². The molecule has 0 saturated heterocycles. The Hall–Kier alpha value is -1.69. The third kappa shape index (κ3) is 3.63. The van der Waals surface area contributed by atoms with Crippen LogP contribution >= 0.6 is 15.9 Å². The average molecular weight is 381 g/mol. The molecule has 2 aromatic rings. The summed E-state index contributed by atoms with van der Waals surface area (Å²) in [6.07, 6.45) is 4.78. The van der Waals surface area contributed by atoms with Gasteiger partial charge in [-0.15, -0.1) is 0 Å². The number of benzene rings is 1. The molecule has 6 heteroatoms. The van der Waals surface area contributed by atoms with Crippen LogP contribution in [0.25, 0.3) is 0 Å². The van der Waals surface area contributed by atoms with Crippen LogP contribution in [0.3, 0.4) is 0 Å². The van der Waals surface area contributed by atoms with Gasteiger partial charge in [0.05, 0.1) is 4.47 Å². The van der Waals surface area contributed by atoms with Crippen molar-refractivity contribution in [1.82, 2.24) is 10.3 Å². The minimum atomic E-state index is -0.258. The number of halogens is 2. The zero-order valence-electron chi connectivity index (χ0n) is 12.8. The van der Waals surface area contributed by atoms with Crippen molar-refractivity contribution < 1.29 is 13.6 Å². The smallest absolute Gasteiger partial charge is 0.273 e. The molecule has 122 valence electrons. The van der Waals surface area contributed by atoms with Crippen molar-refractivity contribution >= 4 is 21.8 Å². The third-order valence-electron chi connectivity index (χ3n) is 4.14. The second-order valence-corrected chi connectivity index (χ2v) is 6.74. The number of aromatic nitrogens is 1. The topological polar surface area (TPSA) is 55.1 Å². The Balaban J connectivity index is 1.53. The summed E-state index contributed by atoms with van der Waals surface area (Å²) in [5, 5.41) is 2.97. The first-order chi connectivity index (χ1) is 11.1. The number of carbonyl (C=O) groups is 1. The molecular formula is C17H18BrFN2O2. The maximum atomic E-state index is 13.3. The molecule has 1 saturated carbocycles. The number of hydrogen-bond donors (Lipinski definition) is 1. The van der Waals surface area contributed by atoms with E-state index in [4.69, 9.17) is 4.42 Å². The molecule has 1 aromatic heterocycles. The Morgan fingerprint density at radius 2 is 2.26 bits per heavy atom. The van der Waals surface area contributed by atoms with Crippen LogP contribution in [0.1, 0.15) is 54.0 Å². The molecule has 1 aromatic carbocycles. The van der Waals surface area contributed by atoms with Gasteiger partial charge in [-0.1, -0.05) is 13.0 Å². The number of amides is 1. The molecule has 1 aliphatic rings. The largest absolute Gasteiger partial charge is 0.448 e. The fourth-order valence-electron chi connectivity index (χ4n) is 2.78. The molecule has 3 rings (SSSR count). The van der Waals surface area contributed by atoms with Crippen LogP contribution in [0, 0.1) is 5.82 Å². The molecule has 0 bridgehead atoms. The number of nitrogens with zero attached hydrogens (tertiary/aromatic N) is 1. The van der Waals surface area contributed by atoms with Crippen LogP contribution in [-0.4, -0.2) is 16.9 Å². The van der Waals surface area contributed by atoms with Crippen molar-refractivity contribution in [1.29, 1.82) is 0 Å². The van der Waals surface area contributed by atoms with Gasteiger partial charge in [-0.25, -0.2) is 9.37 Å². The molecule has 1 amide bonds. The number of aryl methyl sites for hydroxylation is 1. The number of rotatable bonds is 5. The van der Waals surface area contributed by atoms with Gasteiger partial charge in [0.15, 0.2) is 11.6 Å². The van der Waals surface area contributed by atoms with Crippen LogP contribution in [-0.2, 0) is 6.42 Å². The van der Waals surface area contributed by atoms with E-state index in [0.717, 1.165) is 31.2 Å². The van der Waals surface area contributed by atoms with E-state index in [1.54, 1.807) is 6.07 Å². The van der Waals surface area contributed by atoms with Gasteiger partial charge in [0, 0.05) is 12.5 Å². The van der Waals surface area contributed by atoms with Crippen molar-refractivity contribution in [3.05, 3.63) is 51.9 Å². The average Bonchev–Trinajstić information content (AvgIpc) is 2.94. The lowest BCUT2D eigenvalue weighted by Gasteiger charge is -2.36. The minimum absolute atomic E-state index is 0.127. The normalized spacial score (nSPS) is 20.1. The summed E-state index contributed by atoms with van der Waals surface area (Å²) < 4.78 is 19.0. The van der Waals surface area contributed by atoms with E-state index in [2.05, 4.69) is 26.2 Å². The van der Waals surface area contributed by atoms with Crippen molar-refractivity contribution in [3.63, 3.8) is 0 Å². The minimum Gasteiger partial charge on any atom is -0.448 e. The number of carbonyl (C=O) groups excluding carboxylic acids is 1. The Morgan fingerprint density at radius 1 is 1.48 bits per heavy atom. The van der Waals surface area contributed by atoms with Crippen molar-refractivity contribution in [3.8, 4) is 0 Å². The summed E-state index contributed by atoms with van der Waals surface area (Å²) in [6, 6.07) is 5.21. The van der Waals surface area contributed by atoms with Gasteiger partial charge in [0.2, 0.25) is 0 Å². The highest BCUT2D eigenvalue weighted by Gasteiger charge is 2.32. The Bertz CT molecular complexity index is 710. The highest BCUT2D eigenvalue weighted by molar-refractivity contribution is 9.10. The fourth-order valence-corrected chi connectivity index (χ4v) is 3.17. The molecule has 1 N–H and O–H groups in total. The second-order valence-electron chi connectivity index (χ2n) is 5.89. The first kappa shape index (κ1) is 16.2. The van der Waals surface area contributed by atoms with Crippen LogP contribution in [0.2, 0.25) is 0 Å². The van der Waals surface area contributed by atoms with E-state index < -0.39 is 0 Å². The maximum Gasteiger partial charge on any atom is 0.273 e. The molecular weight excluding hydrogens is 363 g/mol. The quantitative estimate of drug-likeness (QED) is 0.845. The van der Waals surface area contributed by atoms with Gasteiger partial charge < -0.3 is 9.73 Å². The van der Waals surface area contributed by atoms with Gasteiger partial charge in [-0.3, -0.25) is 4.79 Å². The second kappa shape index (κ2) is 6.83. The molecule has 0 radical (unpaired) electrons. The monoisotopic (exact) mass is 380 g/mol. The van der Waals surface area contributed by atoms with Gasteiger partial charge in [-0.2, -0.15) is 0 Å². The molecule has 1 heterocycles. The van der Waals surface area contributed by atoms with Gasteiger partial charge in [-0.05, 0) is 58.8 Å². The first-order valence-corrected chi connectivity index (χ1v) is 8.56. The van der Waals surface area contributed by atoms with E-state index in [1.165, 1.54) is 12.3 Å². The molecule has 0 aliphatic heterocycles. The number of hydrogen-bond acceptors (Lipinski definition) is 3. The van der Waals surface area contributed by atoms with Crippen LogP contribution < -0.4 is 5.32 Å². The van der Waals surface area contributed by atoms with E-state index in [0.29, 0.717) is 22.0 Å². The van der Waals surface area contributed by atoms with Crippen molar-refractivity contribution in [2.75, 3.05) is 0 Å². The summed E-state index contributed by atoms with van der Waals surface area (Å²) in [5.74, 6) is 0.497. The number of oxazole rings is 1. The van der Waals surface area contributed by atoms with Crippen molar-refractivity contribution in [2.24, 2.45) is 0 Å². The number of nitrogens with one attached hydrogen (secondary N) is 1. The lowest BCUT2D eigenvalue weighted by Crippen LogP contribution is -2.43. The highest BCUT2D eigenvalue weighted by atomic mass is 79.9.